The lowest BCUT2D eigenvalue weighted by Gasteiger charge is -2.24. The average Bonchev–Trinajstić information content (AvgIpc) is 2.24. The van der Waals surface area contributed by atoms with E-state index in [1.165, 1.54) is 0 Å². The van der Waals surface area contributed by atoms with Crippen LogP contribution in [0.25, 0.3) is 0 Å². The van der Waals surface area contributed by atoms with Gasteiger partial charge in [-0.3, -0.25) is 0 Å². The van der Waals surface area contributed by atoms with Crippen molar-refractivity contribution in [3.63, 3.8) is 0 Å². The fraction of sp³-hybridized carbons (Fsp3) is 0.500. The zero-order valence-electron chi connectivity index (χ0n) is 9.84. The van der Waals surface area contributed by atoms with Gasteiger partial charge in [-0.15, -0.1) is 0 Å². The molecule has 16 heavy (non-hydrogen) atoms. The van der Waals surface area contributed by atoms with Crippen molar-refractivity contribution in [2.24, 2.45) is 0 Å². The number of nitrogens with one attached hydrogen (secondary N) is 1. The van der Waals surface area contributed by atoms with Gasteiger partial charge in [0.2, 0.25) is 0 Å². The number of rotatable bonds is 4. The minimum absolute atomic E-state index is 0.00153. The molecular weight excluding hydrogens is 226 g/mol. The summed E-state index contributed by atoms with van der Waals surface area (Å²) in [4.78, 5) is 0. The fourth-order valence-corrected chi connectivity index (χ4v) is 1.71. The summed E-state index contributed by atoms with van der Waals surface area (Å²) in [6.07, 6.45) is 0.972. The van der Waals surface area contributed by atoms with Crippen LogP contribution >= 0.6 is 11.6 Å². The van der Waals surface area contributed by atoms with E-state index in [4.69, 9.17) is 16.8 Å². The Kier molecular flexibility index (Phi) is 4.19. The maximum absolute atomic E-state index is 9.71. The molecule has 0 aromatic heterocycles. The van der Waals surface area contributed by atoms with Crippen molar-refractivity contribution in [3.05, 3.63) is 28.3 Å². The lowest BCUT2D eigenvalue weighted by Crippen LogP contribution is -2.16. The van der Waals surface area contributed by atoms with Gasteiger partial charge in [-0.2, -0.15) is 0 Å². The van der Waals surface area contributed by atoms with E-state index in [2.05, 4.69) is 20.8 Å². The molecule has 3 N–H and O–H groups in total. The van der Waals surface area contributed by atoms with E-state index in [1.54, 1.807) is 6.07 Å². The molecule has 0 bridgehead atoms. The van der Waals surface area contributed by atoms with Crippen LogP contribution in [0.15, 0.2) is 12.1 Å². The summed E-state index contributed by atoms with van der Waals surface area (Å²) in [5, 5.41) is 18.7. The molecule has 3 nitrogen and oxygen atoms in total. The van der Waals surface area contributed by atoms with Gasteiger partial charge in [0.15, 0.2) is 0 Å². The van der Waals surface area contributed by atoms with Crippen molar-refractivity contribution < 1.29 is 10.3 Å². The van der Waals surface area contributed by atoms with Gasteiger partial charge in [0.1, 0.15) is 5.75 Å². The van der Waals surface area contributed by atoms with Crippen LogP contribution in [0, 0.1) is 0 Å². The maximum atomic E-state index is 9.71. The summed E-state index contributed by atoms with van der Waals surface area (Å²) in [5.74, 6) is 0.0267. The zero-order chi connectivity index (χ0) is 12.3. The highest BCUT2D eigenvalue weighted by Gasteiger charge is 2.20. The summed E-state index contributed by atoms with van der Waals surface area (Å²) in [5.41, 5.74) is 3.69. The number of benzene rings is 1. The Morgan fingerprint density at radius 3 is 2.50 bits per heavy atom. The third-order valence-corrected chi connectivity index (χ3v) is 3.37. The highest BCUT2D eigenvalue weighted by atomic mass is 35.5. The number of phenolic OH excluding ortho intramolecular Hbond substituents is 1. The Labute approximate surface area is 101 Å². The zero-order valence-corrected chi connectivity index (χ0v) is 10.6. The van der Waals surface area contributed by atoms with Crippen molar-refractivity contribution >= 4 is 11.6 Å². The first kappa shape index (κ1) is 13.3. The van der Waals surface area contributed by atoms with Gasteiger partial charge in [0.05, 0.1) is 5.02 Å². The number of hydroxylamine groups is 1. The predicted octanol–water partition coefficient (Wildman–Crippen LogP) is 3.21. The first-order valence-electron chi connectivity index (χ1n) is 5.31. The van der Waals surface area contributed by atoms with Gasteiger partial charge in [-0.05, 0) is 23.5 Å². The molecule has 0 heterocycles. The van der Waals surface area contributed by atoms with E-state index in [1.807, 2.05) is 11.5 Å². The molecule has 0 amide bonds. The van der Waals surface area contributed by atoms with Gasteiger partial charge in [-0.1, -0.05) is 38.4 Å². The molecule has 0 aliphatic rings. The molecule has 0 aliphatic carbocycles. The molecule has 0 atom stereocenters. The number of aromatic hydroxyl groups is 1. The highest BCUT2D eigenvalue weighted by molar-refractivity contribution is 6.32. The predicted molar refractivity (Wildman–Crippen MR) is 65.1 cm³/mol. The second-order valence-corrected chi connectivity index (χ2v) is 4.95. The number of hydrogen-bond acceptors (Lipinski definition) is 3. The summed E-state index contributed by atoms with van der Waals surface area (Å²) < 4.78 is 0. The van der Waals surface area contributed by atoms with Crippen LogP contribution in [0.1, 0.15) is 38.3 Å². The molecule has 0 saturated heterocycles. The van der Waals surface area contributed by atoms with Crippen LogP contribution in [0.2, 0.25) is 5.02 Å². The first-order chi connectivity index (χ1) is 7.42. The Morgan fingerprint density at radius 2 is 2.00 bits per heavy atom. The quantitative estimate of drug-likeness (QED) is 0.712. The number of hydrogen-bond donors (Lipinski definition) is 3. The molecule has 0 spiro atoms. The third-order valence-electron chi connectivity index (χ3n) is 3.08. The normalized spacial score (nSPS) is 11.8. The smallest absolute Gasteiger partial charge is 0.138 e. The van der Waals surface area contributed by atoms with Gasteiger partial charge in [0.25, 0.3) is 0 Å². The van der Waals surface area contributed by atoms with Crippen molar-refractivity contribution in [2.45, 2.75) is 39.2 Å². The van der Waals surface area contributed by atoms with Gasteiger partial charge < -0.3 is 10.3 Å². The molecule has 90 valence electrons. The number of halogens is 1. The van der Waals surface area contributed by atoms with E-state index in [0.29, 0.717) is 10.6 Å². The van der Waals surface area contributed by atoms with Gasteiger partial charge >= 0.3 is 0 Å². The van der Waals surface area contributed by atoms with E-state index in [0.717, 1.165) is 12.0 Å². The largest absolute Gasteiger partial charge is 0.506 e. The van der Waals surface area contributed by atoms with Crippen molar-refractivity contribution in [1.82, 2.24) is 5.48 Å². The Hall–Kier alpha value is -0.770. The van der Waals surface area contributed by atoms with Crippen molar-refractivity contribution in [3.8, 4) is 5.75 Å². The third kappa shape index (κ3) is 2.67. The molecule has 0 fully saturated rings. The summed E-state index contributed by atoms with van der Waals surface area (Å²) in [7, 11) is 0. The van der Waals surface area contributed by atoms with E-state index >= 15 is 0 Å². The molecule has 0 aliphatic heterocycles. The summed E-state index contributed by atoms with van der Waals surface area (Å²) in [6, 6.07) is 3.65. The van der Waals surface area contributed by atoms with Crippen LogP contribution in [-0.2, 0) is 12.0 Å². The lowest BCUT2D eigenvalue weighted by molar-refractivity contribution is 0.160. The summed E-state index contributed by atoms with van der Waals surface area (Å²) in [6.45, 7) is 6.52. The lowest BCUT2D eigenvalue weighted by atomic mass is 9.81. The molecule has 1 rings (SSSR count). The van der Waals surface area contributed by atoms with Gasteiger partial charge in [-0.25, -0.2) is 5.48 Å². The monoisotopic (exact) mass is 243 g/mol. The molecule has 4 heteroatoms. The second-order valence-electron chi connectivity index (χ2n) is 4.54. The minimum atomic E-state index is 0.00153. The van der Waals surface area contributed by atoms with Gasteiger partial charge in [0, 0.05) is 12.1 Å². The maximum Gasteiger partial charge on any atom is 0.138 e. The van der Waals surface area contributed by atoms with Crippen molar-refractivity contribution in [1.29, 1.82) is 0 Å². The van der Waals surface area contributed by atoms with E-state index in [-0.39, 0.29) is 17.7 Å². The Balaban J connectivity index is 3.23. The van der Waals surface area contributed by atoms with Crippen LogP contribution in [0.3, 0.4) is 0 Å². The van der Waals surface area contributed by atoms with E-state index in [9.17, 15) is 5.11 Å². The highest BCUT2D eigenvalue weighted by Crippen LogP contribution is 2.35. The topological polar surface area (TPSA) is 52.5 Å². The molecule has 1 aromatic carbocycles. The van der Waals surface area contributed by atoms with E-state index < -0.39 is 0 Å². The first-order valence-corrected chi connectivity index (χ1v) is 5.69. The Morgan fingerprint density at radius 1 is 1.38 bits per heavy atom. The molecular formula is C12H18ClNO2. The molecule has 1 aromatic rings. The standard InChI is InChI=1S/C12H18ClNO2/c1-4-12(2,3)9-5-8(7-14-16)11(15)10(13)6-9/h5-6,14-16H,4,7H2,1-3H3. The second kappa shape index (κ2) is 5.04. The minimum Gasteiger partial charge on any atom is -0.506 e. The average molecular weight is 244 g/mol. The van der Waals surface area contributed by atoms with Crippen molar-refractivity contribution in [2.75, 3.05) is 0 Å². The number of phenols is 1. The SMILES string of the molecule is CCC(C)(C)c1cc(Cl)c(O)c(CNO)c1. The van der Waals surface area contributed by atoms with Crippen LogP contribution in [0.5, 0.6) is 5.75 Å². The molecule has 0 radical (unpaired) electrons. The molecule has 0 unspecified atom stereocenters. The fourth-order valence-electron chi connectivity index (χ4n) is 1.47. The Bertz CT molecular complexity index is 378. The molecule has 0 saturated carbocycles. The van der Waals surface area contributed by atoms with Crippen LogP contribution < -0.4 is 5.48 Å². The van der Waals surface area contributed by atoms with Crippen LogP contribution in [-0.4, -0.2) is 10.3 Å². The van der Waals surface area contributed by atoms with Crippen LogP contribution in [0.4, 0.5) is 0 Å². The summed E-state index contributed by atoms with van der Waals surface area (Å²) >= 11 is 5.96.